The van der Waals surface area contributed by atoms with Crippen molar-refractivity contribution in [3.05, 3.63) is 21.9 Å². The van der Waals surface area contributed by atoms with Gasteiger partial charge in [0, 0.05) is 24.9 Å². The van der Waals surface area contributed by atoms with Gasteiger partial charge >= 0.3 is 5.91 Å². The fourth-order valence-corrected chi connectivity index (χ4v) is 1.02. The van der Waals surface area contributed by atoms with Crippen LogP contribution in [0.3, 0.4) is 0 Å². The summed E-state index contributed by atoms with van der Waals surface area (Å²) in [5, 5.41) is 8.35. The van der Waals surface area contributed by atoms with Gasteiger partial charge in [0.1, 0.15) is 6.04 Å². The van der Waals surface area contributed by atoms with Crippen molar-refractivity contribution in [3.63, 3.8) is 0 Å². The van der Waals surface area contributed by atoms with Crippen LogP contribution in [0.1, 0.15) is 20.3 Å². The van der Waals surface area contributed by atoms with Gasteiger partial charge in [-0.3, -0.25) is 9.59 Å². The lowest BCUT2D eigenvalue weighted by Crippen LogP contribution is -2.47. The van der Waals surface area contributed by atoms with Crippen molar-refractivity contribution in [2.24, 2.45) is 5.11 Å². The molecule has 18 heavy (non-hydrogen) atoms. The van der Waals surface area contributed by atoms with Crippen LogP contribution in [0, 0.1) is 6.57 Å². The van der Waals surface area contributed by atoms with Crippen LogP contribution >= 0.6 is 0 Å². The van der Waals surface area contributed by atoms with Gasteiger partial charge in [-0.05, 0) is 18.9 Å². The van der Waals surface area contributed by atoms with E-state index in [4.69, 9.17) is 12.1 Å². The monoisotopic (exact) mass is 252 g/mol. The maximum atomic E-state index is 11.5. The molecule has 0 aliphatic rings. The van der Waals surface area contributed by atoms with Gasteiger partial charge in [-0.2, -0.15) is 0 Å². The molecular weight excluding hydrogens is 236 g/mol. The molecule has 0 aromatic rings. The van der Waals surface area contributed by atoms with Crippen molar-refractivity contribution < 1.29 is 9.59 Å². The summed E-state index contributed by atoms with van der Waals surface area (Å²) in [7, 11) is 0. The third-order valence-corrected chi connectivity index (χ3v) is 2.12. The molecule has 0 aromatic carbocycles. The van der Waals surface area contributed by atoms with E-state index in [-0.39, 0.29) is 5.91 Å². The highest BCUT2D eigenvalue weighted by atomic mass is 16.2. The zero-order valence-electron chi connectivity index (χ0n) is 10.4. The van der Waals surface area contributed by atoms with E-state index in [1.807, 2.05) is 0 Å². The van der Waals surface area contributed by atoms with Crippen molar-refractivity contribution in [1.82, 2.24) is 10.6 Å². The van der Waals surface area contributed by atoms with E-state index in [2.05, 4.69) is 25.5 Å². The minimum Gasteiger partial charge on any atom is -0.354 e. The summed E-state index contributed by atoms with van der Waals surface area (Å²) in [6.45, 7) is 10.4. The van der Waals surface area contributed by atoms with Gasteiger partial charge in [0.2, 0.25) is 5.91 Å². The second-order valence-corrected chi connectivity index (χ2v) is 3.63. The number of nitrogens with zero attached hydrogens (tertiary/aromatic N) is 4. The standard InChI is InChI=1S/C10H16N6O2/c1-7(12-3)10(18)15-8(2)9(17)13-5-4-6-14-16-11/h7-8H,4-6H2,1-2H3,(H,13,17)(H,15,18)/t7-,8-/m0/s1. The molecule has 8 nitrogen and oxygen atoms in total. The van der Waals surface area contributed by atoms with Gasteiger partial charge < -0.3 is 15.5 Å². The number of carbonyl (C=O) groups excluding carboxylic acids is 2. The Hall–Kier alpha value is -2.26. The van der Waals surface area contributed by atoms with Crippen molar-refractivity contribution in [2.75, 3.05) is 13.1 Å². The molecule has 0 saturated carbocycles. The summed E-state index contributed by atoms with van der Waals surface area (Å²) in [6, 6.07) is -1.49. The minimum atomic E-state index is -0.801. The molecule has 2 amide bonds. The molecule has 0 fully saturated rings. The molecule has 8 heteroatoms. The first-order valence-corrected chi connectivity index (χ1v) is 5.48. The average Bonchev–Trinajstić information content (AvgIpc) is 2.36. The Kier molecular flexibility index (Phi) is 7.73. The predicted molar refractivity (Wildman–Crippen MR) is 65.3 cm³/mol. The lowest BCUT2D eigenvalue weighted by molar-refractivity contribution is -0.128. The smallest absolute Gasteiger partial charge is 0.303 e. The largest absolute Gasteiger partial charge is 0.354 e. The molecule has 0 unspecified atom stereocenters. The van der Waals surface area contributed by atoms with E-state index >= 15 is 0 Å². The van der Waals surface area contributed by atoms with Gasteiger partial charge in [-0.1, -0.05) is 5.11 Å². The zero-order valence-corrected chi connectivity index (χ0v) is 10.4. The van der Waals surface area contributed by atoms with Crippen LogP contribution in [0.4, 0.5) is 0 Å². The maximum absolute atomic E-state index is 11.5. The van der Waals surface area contributed by atoms with Gasteiger partial charge in [0.15, 0.2) is 0 Å². The predicted octanol–water partition coefficient (Wildman–Crippen LogP) is 0.615. The van der Waals surface area contributed by atoms with Gasteiger partial charge in [-0.15, -0.1) is 0 Å². The summed E-state index contributed by atoms with van der Waals surface area (Å²) in [4.78, 5) is 28.5. The molecular formula is C10H16N6O2. The quantitative estimate of drug-likeness (QED) is 0.227. The van der Waals surface area contributed by atoms with E-state index < -0.39 is 18.0 Å². The molecule has 0 aromatic heterocycles. The van der Waals surface area contributed by atoms with E-state index in [0.29, 0.717) is 19.5 Å². The molecule has 98 valence electrons. The molecule has 0 spiro atoms. The first-order valence-electron chi connectivity index (χ1n) is 5.48. The molecule has 0 aliphatic carbocycles. The van der Waals surface area contributed by atoms with Crippen LogP contribution in [0.25, 0.3) is 15.3 Å². The number of nitrogens with one attached hydrogen (secondary N) is 2. The Morgan fingerprint density at radius 1 is 1.39 bits per heavy atom. The van der Waals surface area contributed by atoms with Gasteiger partial charge in [-0.25, -0.2) is 6.57 Å². The first kappa shape index (κ1) is 15.7. The normalized spacial score (nSPS) is 12.5. The maximum Gasteiger partial charge on any atom is 0.303 e. The van der Waals surface area contributed by atoms with Crippen LogP contribution in [0.2, 0.25) is 0 Å². The summed E-state index contributed by atoms with van der Waals surface area (Å²) in [5.41, 5.74) is 8.04. The van der Waals surface area contributed by atoms with Crippen molar-refractivity contribution in [1.29, 1.82) is 0 Å². The van der Waals surface area contributed by atoms with E-state index in [9.17, 15) is 9.59 Å². The van der Waals surface area contributed by atoms with Crippen LogP contribution in [0.15, 0.2) is 5.11 Å². The molecule has 0 radical (unpaired) electrons. The summed E-state index contributed by atoms with van der Waals surface area (Å²) in [5.74, 6) is -0.803. The Bertz CT molecular complexity index is 382. The Labute approximate surface area is 105 Å². The van der Waals surface area contributed by atoms with E-state index in [1.54, 1.807) is 0 Å². The molecule has 0 bridgehead atoms. The van der Waals surface area contributed by atoms with Crippen molar-refractivity contribution in [3.8, 4) is 0 Å². The zero-order chi connectivity index (χ0) is 14.0. The fraction of sp³-hybridized carbons (Fsp3) is 0.700. The van der Waals surface area contributed by atoms with Crippen LogP contribution in [0.5, 0.6) is 0 Å². The third kappa shape index (κ3) is 6.35. The Balaban J connectivity index is 3.93. The van der Waals surface area contributed by atoms with Crippen LogP contribution < -0.4 is 10.6 Å². The number of rotatable bonds is 7. The highest BCUT2D eigenvalue weighted by molar-refractivity contribution is 5.89. The third-order valence-electron chi connectivity index (χ3n) is 2.12. The van der Waals surface area contributed by atoms with E-state index in [0.717, 1.165) is 0 Å². The topological polar surface area (TPSA) is 111 Å². The van der Waals surface area contributed by atoms with Crippen LogP contribution in [-0.4, -0.2) is 37.0 Å². The molecule has 0 rings (SSSR count). The van der Waals surface area contributed by atoms with Crippen LogP contribution in [-0.2, 0) is 9.59 Å². The molecule has 0 aliphatic heterocycles. The highest BCUT2D eigenvalue weighted by Gasteiger charge is 2.21. The molecule has 2 N–H and O–H groups in total. The number of azide groups is 1. The lowest BCUT2D eigenvalue weighted by Gasteiger charge is -2.13. The number of carbonyl (C=O) groups is 2. The average molecular weight is 252 g/mol. The highest BCUT2D eigenvalue weighted by Crippen LogP contribution is 1.91. The number of hydrogen-bond acceptors (Lipinski definition) is 3. The van der Waals surface area contributed by atoms with Gasteiger partial charge in [0.25, 0.3) is 6.04 Å². The second kappa shape index (κ2) is 8.84. The summed E-state index contributed by atoms with van der Waals surface area (Å²) < 4.78 is 0. The van der Waals surface area contributed by atoms with E-state index in [1.165, 1.54) is 13.8 Å². The lowest BCUT2D eigenvalue weighted by atomic mass is 10.2. The Morgan fingerprint density at radius 2 is 2.06 bits per heavy atom. The molecule has 2 atom stereocenters. The summed E-state index contributed by atoms with van der Waals surface area (Å²) in [6.07, 6.45) is 0.537. The van der Waals surface area contributed by atoms with Crippen molar-refractivity contribution >= 4 is 11.8 Å². The number of hydrogen-bond donors (Lipinski definition) is 2. The SMILES string of the molecule is [C-]#[N+][C@@H](C)C(=O)N[C@@H](C)C(=O)NCCCN=[N+]=[N-]. The minimum absolute atomic E-state index is 0.312. The second-order valence-electron chi connectivity index (χ2n) is 3.63. The first-order chi connectivity index (χ1) is 8.52. The Morgan fingerprint density at radius 3 is 2.61 bits per heavy atom. The van der Waals surface area contributed by atoms with Gasteiger partial charge in [0.05, 0.1) is 0 Å². The fourth-order valence-electron chi connectivity index (χ4n) is 1.02. The molecule has 0 heterocycles. The molecule has 0 saturated heterocycles. The summed E-state index contributed by atoms with van der Waals surface area (Å²) >= 11 is 0. The number of amides is 2. The van der Waals surface area contributed by atoms with Crippen molar-refractivity contribution in [2.45, 2.75) is 32.4 Å².